The fourth-order valence-corrected chi connectivity index (χ4v) is 2.25. The predicted octanol–water partition coefficient (Wildman–Crippen LogP) is 3.57. The largest absolute Gasteiger partial charge is 0.433 e. The Morgan fingerprint density at radius 1 is 1.19 bits per heavy atom. The van der Waals surface area contributed by atoms with Crippen molar-refractivity contribution in [2.45, 2.75) is 38.9 Å². The van der Waals surface area contributed by atoms with Gasteiger partial charge in [-0.2, -0.15) is 13.2 Å². The highest BCUT2D eigenvalue weighted by molar-refractivity contribution is 5.78. The third kappa shape index (κ3) is 6.02. The van der Waals surface area contributed by atoms with E-state index in [-0.39, 0.29) is 24.7 Å². The van der Waals surface area contributed by atoms with Gasteiger partial charge in [-0.05, 0) is 24.6 Å². The van der Waals surface area contributed by atoms with E-state index in [1.807, 2.05) is 6.92 Å². The maximum atomic E-state index is 12.9. The number of amides is 1. The Bertz CT molecular complexity index is 720. The first-order chi connectivity index (χ1) is 12.4. The molecule has 0 unspecified atom stereocenters. The number of alkyl halides is 3. The molecule has 26 heavy (non-hydrogen) atoms. The maximum absolute atomic E-state index is 12.9. The predicted molar refractivity (Wildman–Crippen MR) is 92.4 cm³/mol. The molecule has 0 saturated carbocycles. The molecule has 0 spiro atoms. The van der Waals surface area contributed by atoms with Gasteiger partial charge in [0.25, 0.3) is 0 Å². The van der Waals surface area contributed by atoms with Gasteiger partial charge in [-0.25, -0.2) is 4.98 Å². The van der Waals surface area contributed by atoms with E-state index in [0.717, 1.165) is 18.9 Å². The molecule has 0 aliphatic rings. The van der Waals surface area contributed by atoms with Crippen molar-refractivity contribution in [3.8, 4) is 0 Å². The van der Waals surface area contributed by atoms with Crippen LogP contribution in [0.5, 0.6) is 0 Å². The quantitative estimate of drug-likeness (QED) is 0.701. The summed E-state index contributed by atoms with van der Waals surface area (Å²) in [5.41, 5.74) is 0.167. The molecule has 2 aromatic rings. The summed E-state index contributed by atoms with van der Waals surface area (Å²) < 4.78 is 38.6. The van der Waals surface area contributed by atoms with Gasteiger partial charge in [0, 0.05) is 30.5 Å². The van der Waals surface area contributed by atoms with Gasteiger partial charge in [0.1, 0.15) is 11.5 Å². The molecule has 2 heterocycles. The Morgan fingerprint density at radius 3 is 2.65 bits per heavy atom. The van der Waals surface area contributed by atoms with E-state index < -0.39 is 11.9 Å². The van der Waals surface area contributed by atoms with Crippen LogP contribution in [0, 0.1) is 0 Å². The second kappa shape index (κ2) is 9.17. The zero-order valence-corrected chi connectivity index (χ0v) is 14.4. The Labute approximate surface area is 150 Å². The van der Waals surface area contributed by atoms with Crippen molar-refractivity contribution < 1.29 is 18.0 Å². The van der Waals surface area contributed by atoms with Crippen LogP contribution in [0.1, 0.15) is 36.7 Å². The molecule has 1 amide bonds. The van der Waals surface area contributed by atoms with Crippen LogP contribution in [-0.4, -0.2) is 22.4 Å². The van der Waals surface area contributed by atoms with Crippen LogP contribution in [0.3, 0.4) is 0 Å². The Kier molecular flexibility index (Phi) is 6.94. The molecule has 2 aromatic heterocycles. The molecule has 2 rings (SSSR count). The number of carbonyl (C=O) groups excluding carboxylic acids is 1. The number of unbranched alkanes of at least 4 members (excludes halogenated alkanes) is 1. The summed E-state index contributed by atoms with van der Waals surface area (Å²) in [4.78, 5) is 19.8. The van der Waals surface area contributed by atoms with E-state index in [2.05, 4.69) is 20.6 Å². The molecule has 140 valence electrons. The fourth-order valence-electron chi connectivity index (χ4n) is 2.25. The number of nitrogens with zero attached hydrogens (tertiary/aromatic N) is 2. The first-order valence-electron chi connectivity index (χ1n) is 8.37. The molecule has 0 atom stereocenters. The summed E-state index contributed by atoms with van der Waals surface area (Å²) in [5, 5.41) is 5.62. The summed E-state index contributed by atoms with van der Waals surface area (Å²) in [6, 6.07) is 7.53. The molecular weight excluding hydrogens is 345 g/mol. The second-order valence-corrected chi connectivity index (χ2v) is 5.76. The van der Waals surface area contributed by atoms with Crippen molar-refractivity contribution in [2.24, 2.45) is 0 Å². The lowest BCUT2D eigenvalue weighted by Gasteiger charge is -2.14. The lowest BCUT2D eigenvalue weighted by Crippen LogP contribution is -2.26. The lowest BCUT2D eigenvalue weighted by molar-refractivity contribution is -0.141. The fraction of sp³-hybridized carbons (Fsp3) is 0.389. The van der Waals surface area contributed by atoms with Crippen LogP contribution in [-0.2, 0) is 23.9 Å². The summed E-state index contributed by atoms with van der Waals surface area (Å²) in [6.07, 6.45) is -1.10. The van der Waals surface area contributed by atoms with Crippen molar-refractivity contribution in [1.29, 1.82) is 0 Å². The van der Waals surface area contributed by atoms with E-state index in [1.165, 1.54) is 6.07 Å². The number of rotatable bonds is 8. The number of carbonyl (C=O) groups is 1. The van der Waals surface area contributed by atoms with E-state index in [9.17, 15) is 18.0 Å². The molecule has 0 saturated heterocycles. The number of hydrogen-bond donors (Lipinski definition) is 2. The van der Waals surface area contributed by atoms with E-state index in [4.69, 9.17) is 0 Å². The summed E-state index contributed by atoms with van der Waals surface area (Å²) in [7, 11) is 0. The van der Waals surface area contributed by atoms with Crippen LogP contribution in [0.2, 0.25) is 0 Å². The lowest BCUT2D eigenvalue weighted by atomic mass is 10.2. The number of hydrogen-bond acceptors (Lipinski definition) is 4. The molecular formula is C18H21F3N4O. The number of nitrogens with one attached hydrogen (secondary N) is 2. The average molecular weight is 366 g/mol. The van der Waals surface area contributed by atoms with E-state index in [1.54, 1.807) is 24.4 Å². The smallest absolute Gasteiger partial charge is 0.370 e. The van der Waals surface area contributed by atoms with Gasteiger partial charge < -0.3 is 10.6 Å². The molecule has 5 nitrogen and oxygen atoms in total. The van der Waals surface area contributed by atoms with Crippen molar-refractivity contribution in [3.63, 3.8) is 0 Å². The van der Waals surface area contributed by atoms with Crippen LogP contribution in [0.4, 0.5) is 19.0 Å². The van der Waals surface area contributed by atoms with Crippen LogP contribution >= 0.6 is 0 Å². The zero-order valence-electron chi connectivity index (χ0n) is 14.4. The Hall–Kier alpha value is -2.64. The topological polar surface area (TPSA) is 66.9 Å². The van der Waals surface area contributed by atoms with Crippen LogP contribution in [0.25, 0.3) is 0 Å². The van der Waals surface area contributed by atoms with Gasteiger partial charge >= 0.3 is 6.18 Å². The minimum absolute atomic E-state index is 0.0886. The van der Waals surface area contributed by atoms with Gasteiger partial charge in [0.2, 0.25) is 5.91 Å². The van der Waals surface area contributed by atoms with Crippen molar-refractivity contribution >= 4 is 11.7 Å². The Balaban J connectivity index is 2.05. The molecule has 8 heteroatoms. The summed E-state index contributed by atoms with van der Waals surface area (Å²) >= 11 is 0. The summed E-state index contributed by atoms with van der Waals surface area (Å²) in [6.45, 7) is 2.59. The second-order valence-electron chi connectivity index (χ2n) is 5.76. The van der Waals surface area contributed by atoms with Crippen molar-refractivity contribution in [2.75, 3.05) is 11.9 Å². The van der Waals surface area contributed by atoms with Crippen molar-refractivity contribution in [3.05, 3.63) is 53.5 Å². The van der Waals surface area contributed by atoms with Gasteiger partial charge in [-0.3, -0.25) is 9.78 Å². The van der Waals surface area contributed by atoms with Gasteiger partial charge in [0.05, 0.1) is 6.42 Å². The molecule has 2 N–H and O–H groups in total. The highest BCUT2D eigenvalue weighted by Gasteiger charge is 2.33. The SMILES string of the molecule is CCCCNc1nc(C(F)(F)F)ccc1CNC(=O)Cc1ccccn1. The first kappa shape index (κ1) is 19.7. The number of halogens is 3. The number of aromatic nitrogens is 2. The van der Waals surface area contributed by atoms with E-state index >= 15 is 0 Å². The van der Waals surface area contributed by atoms with Gasteiger partial charge in [0.15, 0.2) is 0 Å². The maximum Gasteiger partial charge on any atom is 0.433 e. The third-order valence-corrected chi connectivity index (χ3v) is 3.64. The summed E-state index contributed by atoms with van der Waals surface area (Å²) in [5.74, 6) is -0.116. The minimum Gasteiger partial charge on any atom is -0.370 e. The van der Waals surface area contributed by atoms with E-state index in [0.29, 0.717) is 17.8 Å². The highest BCUT2D eigenvalue weighted by Crippen LogP contribution is 2.29. The van der Waals surface area contributed by atoms with Crippen molar-refractivity contribution in [1.82, 2.24) is 15.3 Å². The number of anilines is 1. The number of pyridine rings is 2. The Morgan fingerprint density at radius 2 is 2.00 bits per heavy atom. The first-order valence-corrected chi connectivity index (χ1v) is 8.37. The van der Waals surface area contributed by atoms with Gasteiger partial charge in [-0.15, -0.1) is 0 Å². The average Bonchev–Trinajstić information content (AvgIpc) is 2.61. The molecule has 0 aliphatic heterocycles. The highest BCUT2D eigenvalue weighted by atomic mass is 19.4. The van der Waals surface area contributed by atoms with Crippen LogP contribution in [0.15, 0.2) is 36.5 Å². The molecule has 0 radical (unpaired) electrons. The monoisotopic (exact) mass is 366 g/mol. The zero-order chi connectivity index (χ0) is 19.0. The minimum atomic E-state index is -4.51. The standard InChI is InChI=1S/C18H21F3N4O/c1-2-3-9-23-17-13(7-8-15(25-17)18(19,20)21)12-24-16(26)11-14-6-4-5-10-22-14/h4-8,10H,2-3,9,11-12H2,1H3,(H,23,25)(H,24,26). The molecule has 0 fully saturated rings. The normalized spacial score (nSPS) is 11.2. The van der Waals surface area contributed by atoms with Crippen LogP contribution < -0.4 is 10.6 Å². The molecule has 0 aliphatic carbocycles. The third-order valence-electron chi connectivity index (χ3n) is 3.64. The molecule has 0 aromatic carbocycles. The van der Waals surface area contributed by atoms with Gasteiger partial charge in [-0.1, -0.05) is 25.5 Å². The molecule has 0 bridgehead atoms.